The first-order valence-corrected chi connectivity index (χ1v) is 3.77. The lowest BCUT2D eigenvalue weighted by Crippen LogP contribution is -1.78. The van der Waals surface area contributed by atoms with Gasteiger partial charge in [-0.05, 0) is 5.56 Å². The molecule has 0 fully saturated rings. The van der Waals surface area contributed by atoms with Crippen LogP contribution in [0.3, 0.4) is 0 Å². The topological polar surface area (TPSA) is 41.6 Å². The molecule has 2 aromatic rings. The van der Waals surface area contributed by atoms with Crippen LogP contribution in [-0.2, 0) is 5.88 Å². The third-order valence-corrected chi connectivity index (χ3v) is 1.87. The molecule has 0 unspecified atom stereocenters. The number of H-pyrrole nitrogens is 1. The van der Waals surface area contributed by atoms with E-state index in [1.54, 1.807) is 6.20 Å². The molecule has 0 aliphatic carbocycles. The maximum Gasteiger partial charge on any atom is 0.140 e. The Balaban J connectivity index is 2.76. The monoisotopic (exact) mass is 167 g/mol. The lowest BCUT2D eigenvalue weighted by molar-refractivity contribution is 1.20. The van der Waals surface area contributed by atoms with Crippen molar-refractivity contribution >= 4 is 22.6 Å². The number of rotatable bonds is 1. The Morgan fingerprint density at radius 3 is 3.27 bits per heavy atom. The van der Waals surface area contributed by atoms with Gasteiger partial charge in [-0.3, -0.25) is 0 Å². The van der Waals surface area contributed by atoms with Gasteiger partial charge in [-0.1, -0.05) is 0 Å². The van der Waals surface area contributed by atoms with Crippen molar-refractivity contribution in [2.45, 2.75) is 5.88 Å². The van der Waals surface area contributed by atoms with Crippen LogP contribution in [0.2, 0.25) is 0 Å². The zero-order valence-corrected chi connectivity index (χ0v) is 6.47. The molecule has 0 amide bonds. The van der Waals surface area contributed by atoms with Crippen LogP contribution in [0, 0.1) is 0 Å². The van der Waals surface area contributed by atoms with E-state index in [2.05, 4.69) is 15.0 Å². The van der Waals surface area contributed by atoms with Gasteiger partial charge in [0.05, 0.1) is 0 Å². The summed E-state index contributed by atoms with van der Waals surface area (Å²) < 4.78 is 0. The second kappa shape index (κ2) is 2.51. The molecule has 0 bridgehead atoms. The average molecular weight is 168 g/mol. The summed E-state index contributed by atoms with van der Waals surface area (Å²) in [7, 11) is 0. The van der Waals surface area contributed by atoms with E-state index >= 15 is 0 Å². The van der Waals surface area contributed by atoms with Crippen LogP contribution in [0.4, 0.5) is 0 Å². The minimum absolute atomic E-state index is 0.493. The van der Waals surface area contributed by atoms with Gasteiger partial charge in [0.2, 0.25) is 0 Å². The largest absolute Gasteiger partial charge is 0.346 e. The number of nitrogens with zero attached hydrogens (tertiary/aromatic N) is 2. The van der Waals surface area contributed by atoms with E-state index in [1.165, 1.54) is 6.33 Å². The van der Waals surface area contributed by atoms with Crippen LogP contribution < -0.4 is 0 Å². The minimum atomic E-state index is 0.493. The van der Waals surface area contributed by atoms with Gasteiger partial charge in [0, 0.05) is 23.7 Å². The average Bonchev–Trinajstić information content (AvgIpc) is 2.47. The smallest absolute Gasteiger partial charge is 0.140 e. The van der Waals surface area contributed by atoms with Crippen molar-refractivity contribution in [3.63, 3.8) is 0 Å². The molecule has 3 nitrogen and oxygen atoms in total. The molecule has 0 saturated carbocycles. The normalized spacial score (nSPS) is 10.6. The maximum absolute atomic E-state index is 5.67. The zero-order chi connectivity index (χ0) is 7.68. The standard InChI is InChI=1S/C7H6ClN3/c8-1-5-2-10-7-6(5)3-9-4-11-7/h2-4H,1H2,(H,9,10,11). The van der Waals surface area contributed by atoms with Crippen molar-refractivity contribution < 1.29 is 0 Å². The summed E-state index contributed by atoms with van der Waals surface area (Å²) >= 11 is 5.67. The molecule has 2 rings (SSSR count). The second-order valence-electron chi connectivity index (χ2n) is 2.23. The van der Waals surface area contributed by atoms with Gasteiger partial charge in [-0.25, -0.2) is 9.97 Å². The quantitative estimate of drug-likeness (QED) is 0.657. The third-order valence-electron chi connectivity index (χ3n) is 1.59. The van der Waals surface area contributed by atoms with E-state index < -0.39 is 0 Å². The number of aromatic amines is 1. The maximum atomic E-state index is 5.67. The molecule has 1 N–H and O–H groups in total. The molecule has 0 aliphatic heterocycles. The molecule has 0 atom stereocenters. The van der Waals surface area contributed by atoms with Crippen LogP contribution in [0.15, 0.2) is 18.7 Å². The Labute approximate surface area is 68.4 Å². The van der Waals surface area contributed by atoms with Crippen LogP contribution in [0.5, 0.6) is 0 Å². The Morgan fingerprint density at radius 1 is 1.55 bits per heavy atom. The number of hydrogen-bond donors (Lipinski definition) is 1. The van der Waals surface area contributed by atoms with Crippen LogP contribution in [0.25, 0.3) is 11.0 Å². The number of halogens is 1. The number of nitrogens with one attached hydrogen (secondary N) is 1. The lowest BCUT2D eigenvalue weighted by atomic mass is 10.3. The number of aromatic nitrogens is 3. The zero-order valence-electron chi connectivity index (χ0n) is 5.71. The highest BCUT2D eigenvalue weighted by Gasteiger charge is 2.01. The molecule has 2 aromatic heterocycles. The molecule has 2 heterocycles. The van der Waals surface area contributed by atoms with E-state index in [9.17, 15) is 0 Å². The van der Waals surface area contributed by atoms with E-state index in [0.717, 1.165) is 16.6 Å². The first kappa shape index (κ1) is 6.61. The van der Waals surface area contributed by atoms with E-state index in [0.29, 0.717) is 5.88 Å². The number of hydrogen-bond acceptors (Lipinski definition) is 2. The fraction of sp³-hybridized carbons (Fsp3) is 0.143. The van der Waals surface area contributed by atoms with Crippen molar-refractivity contribution in [3.05, 3.63) is 24.3 Å². The highest BCUT2D eigenvalue weighted by molar-refractivity contribution is 6.17. The molecular formula is C7H6ClN3. The molecule has 0 saturated heterocycles. The highest BCUT2D eigenvalue weighted by atomic mass is 35.5. The fourth-order valence-corrected chi connectivity index (χ4v) is 1.24. The van der Waals surface area contributed by atoms with Crippen molar-refractivity contribution in [1.82, 2.24) is 15.0 Å². The van der Waals surface area contributed by atoms with Gasteiger partial charge in [-0.2, -0.15) is 0 Å². The molecule has 11 heavy (non-hydrogen) atoms. The Kier molecular flexibility index (Phi) is 1.51. The van der Waals surface area contributed by atoms with Crippen molar-refractivity contribution in [2.75, 3.05) is 0 Å². The molecule has 0 radical (unpaired) electrons. The highest BCUT2D eigenvalue weighted by Crippen LogP contribution is 2.15. The van der Waals surface area contributed by atoms with Gasteiger partial charge >= 0.3 is 0 Å². The van der Waals surface area contributed by atoms with Crippen LogP contribution in [-0.4, -0.2) is 15.0 Å². The summed E-state index contributed by atoms with van der Waals surface area (Å²) in [5, 5.41) is 1.00. The summed E-state index contributed by atoms with van der Waals surface area (Å²) in [6.07, 6.45) is 5.12. The summed E-state index contributed by atoms with van der Waals surface area (Å²) in [6, 6.07) is 0. The van der Waals surface area contributed by atoms with Gasteiger partial charge in [-0.15, -0.1) is 11.6 Å². The molecule has 56 valence electrons. The Morgan fingerprint density at radius 2 is 2.45 bits per heavy atom. The van der Waals surface area contributed by atoms with Crippen molar-refractivity contribution in [1.29, 1.82) is 0 Å². The first-order chi connectivity index (χ1) is 5.42. The van der Waals surface area contributed by atoms with E-state index in [1.807, 2.05) is 6.20 Å². The SMILES string of the molecule is ClCc1c[nH]c2ncncc12. The summed E-state index contributed by atoms with van der Waals surface area (Å²) in [5.41, 5.74) is 1.89. The van der Waals surface area contributed by atoms with E-state index in [-0.39, 0.29) is 0 Å². The second-order valence-corrected chi connectivity index (χ2v) is 2.50. The molecule has 0 aromatic carbocycles. The number of alkyl halides is 1. The Bertz CT molecular complexity index is 368. The van der Waals surface area contributed by atoms with Gasteiger partial charge < -0.3 is 4.98 Å². The fourth-order valence-electron chi connectivity index (χ4n) is 1.02. The van der Waals surface area contributed by atoms with Crippen molar-refractivity contribution in [3.8, 4) is 0 Å². The van der Waals surface area contributed by atoms with Gasteiger partial charge in [0.15, 0.2) is 0 Å². The molecule has 0 aliphatic rings. The molecule has 4 heteroatoms. The van der Waals surface area contributed by atoms with Crippen LogP contribution in [0.1, 0.15) is 5.56 Å². The number of fused-ring (bicyclic) bond motifs is 1. The first-order valence-electron chi connectivity index (χ1n) is 3.24. The molecular weight excluding hydrogens is 162 g/mol. The summed E-state index contributed by atoms with van der Waals surface area (Å²) in [4.78, 5) is 10.9. The summed E-state index contributed by atoms with van der Waals surface area (Å²) in [5.74, 6) is 0.493. The van der Waals surface area contributed by atoms with Crippen molar-refractivity contribution in [2.24, 2.45) is 0 Å². The third kappa shape index (κ3) is 0.973. The van der Waals surface area contributed by atoms with E-state index in [4.69, 9.17) is 11.6 Å². The predicted molar refractivity (Wildman–Crippen MR) is 43.4 cm³/mol. The summed E-state index contributed by atoms with van der Waals surface area (Å²) in [6.45, 7) is 0. The Hall–Kier alpha value is -1.09. The lowest BCUT2D eigenvalue weighted by Gasteiger charge is -1.88. The van der Waals surface area contributed by atoms with Gasteiger partial charge in [0.1, 0.15) is 12.0 Å². The minimum Gasteiger partial charge on any atom is -0.346 e. The van der Waals surface area contributed by atoms with Gasteiger partial charge in [0.25, 0.3) is 0 Å². The van der Waals surface area contributed by atoms with Crippen LogP contribution >= 0.6 is 11.6 Å². The molecule has 0 spiro atoms. The predicted octanol–water partition coefficient (Wildman–Crippen LogP) is 1.70.